The Morgan fingerprint density at radius 1 is 1.50 bits per heavy atom. The van der Waals surface area contributed by atoms with Crippen LogP contribution in [0.15, 0.2) is 12.7 Å². The van der Waals surface area contributed by atoms with Gasteiger partial charge in [0.15, 0.2) is 0 Å². The van der Waals surface area contributed by atoms with Crippen molar-refractivity contribution in [3.63, 3.8) is 0 Å². The Balaban J connectivity index is 0.00000106. The number of rotatable bonds is 3. The molecule has 1 saturated carbocycles. The molecule has 1 aliphatic carbocycles. The topological polar surface area (TPSA) is 64.3 Å². The van der Waals surface area contributed by atoms with Crippen molar-refractivity contribution in [2.24, 2.45) is 5.73 Å². The third-order valence-electron chi connectivity index (χ3n) is 2.45. The summed E-state index contributed by atoms with van der Waals surface area (Å²) in [4.78, 5) is 11.2. The van der Waals surface area contributed by atoms with Gasteiger partial charge in [0.1, 0.15) is 6.61 Å². The van der Waals surface area contributed by atoms with Gasteiger partial charge in [-0.05, 0) is 12.8 Å². The van der Waals surface area contributed by atoms with Crippen molar-refractivity contribution in [1.82, 2.24) is 5.32 Å². The van der Waals surface area contributed by atoms with Crippen molar-refractivity contribution in [3.05, 3.63) is 12.7 Å². The lowest BCUT2D eigenvalue weighted by Gasteiger charge is -2.28. The molecule has 0 saturated heterocycles. The lowest BCUT2D eigenvalue weighted by Crippen LogP contribution is -2.49. The maximum absolute atomic E-state index is 11.2. The standard InChI is InChI=1S/C10H18N2O2.C2H6/c1-2-7-14-10(13)12-9-6-4-3-5-8(9)11;1-2/h2,8-9H,1,3-7,11H2,(H,12,13);1-2H3. The van der Waals surface area contributed by atoms with Crippen LogP contribution >= 0.6 is 0 Å². The van der Waals surface area contributed by atoms with Crippen molar-refractivity contribution >= 4 is 6.09 Å². The summed E-state index contributed by atoms with van der Waals surface area (Å²) in [6, 6.07) is 0.140. The van der Waals surface area contributed by atoms with Crippen molar-refractivity contribution in [3.8, 4) is 0 Å². The fourth-order valence-electron chi connectivity index (χ4n) is 1.67. The van der Waals surface area contributed by atoms with Crippen LogP contribution in [0.25, 0.3) is 0 Å². The first-order valence-corrected chi connectivity index (χ1v) is 6.04. The number of hydrogen-bond donors (Lipinski definition) is 2. The van der Waals surface area contributed by atoms with Gasteiger partial charge in [-0.25, -0.2) is 4.79 Å². The number of carbonyl (C=O) groups is 1. The summed E-state index contributed by atoms with van der Waals surface area (Å²) in [6.07, 6.45) is 5.35. The lowest BCUT2D eigenvalue weighted by molar-refractivity contribution is 0.149. The molecule has 0 aromatic carbocycles. The van der Waals surface area contributed by atoms with Gasteiger partial charge in [-0.15, -0.1) is 0 Å². The molecule has 3 N–H and O–H groups in total. The molecule has 0 spiro atoms. The van der Waals surface area contributed by atoms with Crippen molar-refractivity contribution in [2.75, 3.05) is 6.61 Å². The number of amides is 1. The van der Waals surface area contributed by atoms with E-state index < -0.39 is 6.09 Å². The molecule has 16 heavy (non-hydrogen) atoms. The molecular formula is C12H24N2O2. The van der Waals surface area contributed by atoms with E-state index in [1.807, 2.05) is 13.8 Å². The Bertz CT molecular complexity index is 207. The van der Waals surface area contributed by atoms with E-state index in [1.54, 1.807) is 6.08 Å². The molecule has 0 radical (unpaired) electrons. The summed E-state index contributed by atoms with van der Waals surface area (Å²) < 4.78 is 4.82. The molecule has 0 aliphatic heterocycles. The highest BCUT2D eigenvalue weighted by atomic mass is 16.5. The Labute approximate surface area is 98.2 Å². The second kappa shape index (κ2) is 9.21. The molecule has 2 atom stereocenters. The third kappa shape index (κ3) is 5.75. The van der Waals surface area contributed by atoms with Crippen molar-refractivity contribution in [2.45, 2.75) is 51.6 Å². The largest absolute Gasteiger partial charge is 0.445 e. The molecule has 4 nitrogen and oxygen atoms in total. The molecule has 4 heteroatoms. The Kier molecular flexibility index (Phi) is 8.62. The second-order valence-corrected chi connectivity index (χ2v) is 3.59. The lowest BCUT2D eigenvalue weighted by atomic mass is 9.91. The molecule has 0 aromatic rings. The van der Waals surface area contributed by atoms with E-state index in [1.165, 1.54) is 0 Å². The van der Waals surface area contributed by atoms with Crippen molar-refractivity contribution < 1.29 is 9.53 Å². The SMILES string of the molecule is C=CCOC(=O)NC1CCCCC1N.CC. The number of ether oxygens (including phenoxy) is 1. The van der Waals surface area contributed by atoms with Gasteiger partial charge in [0.25, 0.3) is 0 Å². The van der Waals surface area contributed by atoms with E-state index in [4.69, 9.17) is 10.5 Å². The summed E-state index contributed by atoms with van der Waals surface area (Å²) in [6.45, 7) is 7.71. The molecule has 1 aliphatic rings. The zero-order chi connectivity index (χ0) is 12.4. The first-order chi connectivity index (χ1) is 7.74. The van der Waals surface area contributed by atoms with Crippen LogP contribution in [0.2, 0.25) is 0 Å². The maximum atomic E-state index is 11.2. The number of nitrogens with two attached hydrogens (primary N) is 1. The highest BCUT2D eigenvalue weighted by molar-refractivity contribution is 5.67. The van der Waals surface area contributed by atoms with E-state index in [0.717, 1.165) is 25.7 Å². The fraction of sp³-hybridized carbons (Fsp3) is 0.750. The predicted octanol–water partition coefficient (Wildman–Crippen LogP) is 2.19. The highest BCUT2D eigenvalue weighted by Crippen LogP contribution is 2.16. The van der Waals surface area contributed by atoms with Crippen LogP contribution in [0.4, 0.5) is 4.79 Å². The zero-order valence-electron chi connectivity index (χ0n) is 10.4. The van der Waals surface area contributed by atoms with Gasteiger partial charge in [0.2, 0.25) is 0 Å². The quantitative estimate of drug-likeness (QED) is 0.728. The van der Waals surface area contributed by atoms with Gasteiger partial charge in [0, 0.05) is 12.1 Å². The van der Waals surface area contributed by atoms with Crippen LogP contribution in [0.1, 0.15) is 39.5 Å². The van der Waals surface area contributed by atoms with Crippen LogP contribution < -0.4 is 11.1 Å². The monoisotopic (exact) mass is 228 g/mol. The van der Waals surface area contributed by atoms with Gasteiger partial charge in [-0.3, -0.25) is 0 Å². The molecule has 0 heterocycles. The predicted molar refractivity (Wildman–Crippen MR) is 66.3 cm³/mol. The molecule has 0 bridgehead atoms. The van der Waals surface area contributed by atoms with Crippen LogP contribution in [0.3, 0.4) is 0 Å². The number of carbonyl (C=O) groups excluding carboxylic acids is 1. The van der Waals surface area contributed by atoms with Crippen LogP contribution in [-0.4, -0.2) is 24.8 Å². The summed E-state index contributed by atoms with van der Waals surface area (Å²) in [5, 5.41) is 2.77. The van der Waals surface area contributed by atoms with Crippen molar-refractivity contribution in [1.29, 1.82) is 0 Å². The van der Waals surface area contributed by atoms with Gasteiger partial charge in [0.05, 0.1) is 0 Å². The molecule has 0 aromatic heterocycles. The zero-order valence-corrected chi connectivity index (χ0v) is 10.4. The Morgan fingerprint density at radius 3 is 2.69 bits per heavy atom. The average Bonchev–Trinajstić information content (AvgIpc) is 2.32. The number of nitrogens with one attached hydrogen (secondary N) is 1. The first-order valence-electron chi connectivity index (χ1n) is 6.04. The van der Waals surface area contributed by atoms with Crippen LogP contribution in [0.5, 0.6) is 0 Å². The number of hydrogen-bond acceptors (Lipinski definition) is 3. The summed E-state index contributed by atoms with van der Waals surface area (Å²) in [7, 11) is 0. The van der Waals surface area contributed by atoms with Gasteiger partial charge >= 0.3 is 6.09 Å². The summed E-state index contributed by atoms with van der Waals surface area (Å²) in [5.41, 5.74) is 5.87. The Morgan fingerprint density at radius 2 is 2.12 bits per heavy atom. The smallest absolute Gasteiger partial charge is 0.407 e. The first kappa shape index (κ1) is 15.0. The number of alkyl carbamates (subject to hydrolysis) is 1. The summed E-state index contributed by atoms with van der Waals surface area (Å²) in [5.74, 6) is 0. The van der Waals surface area contributed by atoms with E-state index >= 15 is 0 Å². The minimum Gasteiger partial charge on any atom is -0.445 e. The minimum absolute atomic E-state index is 0.0695. The third-order valence-corrected chi connectivity index (χ3v) is 2.45. The molecule has 94 valence electrons. The van der Waals surface area contributed by atoms with E-state index in [2.05, 4.69) is 11.9 Å². The molecule has 1 amide bonds. The van der Waals surface area contributed by atoms with E-state index in [-0.39, 0.29) is 18.7 Å². The molecule has 2 unspecified atom stereocenters. The van der Waals surface area contributed by atoms with E-state index in [0.29, 0.717) is 0 Å². The van der Waals surface area contributed by atoms with E-state index in [9.17, 15) is 4.79 Å². The van der Waals surface area contributed by atoms with Gasteiger partial charge in [-0.2, -0.15) is 0 Å². The average molecular weight is 228 g/mol. The van der Waals surface area contributed by atoms with Gasteiger partial charge in [-0.1, -0.05) is 39.3 Å². The molecular weight excluding hydrogens is 204 g/mol. The Hall–Kier alpha value is -1.03. The van der Waals surface area contributed by atoms with Crippen LogP contribution in [-0.2, 0) is 4.74 Å². The second-order valence-electron chi connectivity index (χ2n) is 3.59. The molecule has 1 rings (SSSR count). The summed E-state index contributed by atoms with van der Waals surface area (Å²) >= 11 is 0. The fourth-order valence-corrected chi connectivity index (χ4v) is 1.67. The maximum Gasteiger partial charge on any atom is 0.407 e. The van der Waals surface area contributed by atoms with Gasteiger partial charge < -0.3 is 15.8 Å². The highest BCUT2D eigenvalue weighted by Gasteiger charge is 2.23. The normalized spacial score (nSPS) is 23.7. The minimum atomic E-state index is -0.396. The molecule has 1 fully saturated rings. The van der Waals surface area contributed by atoms with Crippen LogP contribution in [0, 0.1) is 0 Å².